The minimum atomic E-state index is -0.230. The molecule has 0 radical (unpaired) electrons. The van der Waals surface area contributed by atoms with Gasteiger partial charge >= 0.3 is 0 Å². The predicted octanol–water partition coefficient (Wildman–Crippen LogP) is 2.95. The van der Waals surface area contributed by atoms with Crippen molar-refractivity contribution < 1.29 is 13.9 Å². The van der Waals surface area contributed by atoms with Crippen LogP contribution in [0.4, 0.5) is 9.52 Å². The average Bonchev–Trinajstić information content (AvgIpc) is 3.06. The molecule has 1 amide bonds. The summed E-state index contributed by atoms with van der Waals surface area (Å²) >= 11 is 1.52. The summed E-state index contributed by atoms with van der Waals surface area (Å²) in [6.07, 6.45) is 3.48. The first-order chi connectivity index (χ1) is 12.2. The molecule has 2 aliphatic heterocycles. The van der Waals surface area contributed by atoms with Crippen LogP contribution < -0.4 is 10.2 Å². The molecule has 0 unspecified atom stereocenters. The van der Waals surface area contributed by atoms with Gasteiger partial charge in [-0.25, -0.2) is 9.37 Å². The molecular formula is C18H22FN3O2S. The van der Waals surface area contributed by atoms with Crippen LogP contribution in [0.1, 0.15) is 25.7 Å². The number of thiazole rings is 1. The number of ether oxygens (including phenoxy) is 1. The highest BCUT2D eigenvalue weighted by molar-refractivity contribution is 7.22. The van der Waals surface area contributed by atoms with Gasteiger partial charge in [0.2, 0.25) is 5.91 Å². The molecule has 2 fully saturated rings. The molecule has 2 aliphatic rings. The van der Waals surface area contributed by atoms with Crippen molar-refractivity contribution >= 4 is 32.6 Å². The Morgan fingerprint density at radius 2 is 2.00 bits per heavy atom. The molecule has 0 aliphatic carbocycles. The maximum Gasteiger partial charge on any atom is 0.223 e. The monoisotopic (exact) mass is 363 g/mol. The summed E-state index contributed by atoms with van der Waals surface area (Å²) in [5.41, 5.74) is 0.834. The summed E-state index contributed by atoms with van der Waals surface area (Å²) in [7, 11) is 0. The van der Waals surface area contributed by atoms with E-state index in [-0.39, 0.29) is 23.7 Å². The number of rotatable bonds is 3. The van der Waals surface area contributed by atoms with Crippen LogP contribution in [0.25, 0.3) is 10.2 Å². The molecular weight excluding hydrogens is 341 g/mol. The van der Waals surface area contributed by atoms with Crippen molar-refractivity contribution in [2.45, 2.75) is 31.7 Å². The number of carbonyl (C=O) groups is 1. The molecule has 4 rings (SSSR count). The molecule has 2 saturated heterocycles. The van der Waals surface area contributed by atoms with E-state index in [0.717, 1.165) is 67.3 Å². The standard InChI is InChI=1S/C18H22FN3O2S/c19-13-1-2-15-16(11-13)25-18(21-15)22-7-3-12(4-8-22)17(23)20-14-5-9-24-10-6-14/h1-2,11-12,14H,3-10H2,(H,20,23). The third-order valence-corrected chi connectivity index (χ3v) is 6.12. The number of halogens is 1. The highest BCUT2D eigenvalue weighted by Gasteiger charge is 2.28. The van der Waals surface area contributed by atoms with Gasteiger partial charge in [0, 0.05) is 38.3 Å². The lowest BCUT2D eigenvalue weighted by molar-refractivity contribution is -0.126. The van der Waals surface area contributed by atoms with Crippen LogP contribution in [-0.4, -0.2) is 43.2 Å². The molecule has 25 heavy (non-hydrogen) atoms. The highest BCUT2D eigenvalue weighted by Crippen LogP contribution is 2.32. The van der Waals surface area contributed by atoms with Crippen molar-refractivity contribution in [3.63, 3.8) is 0 Å². The zero-order valence-corrected chi connectivity index (χ0v) is 14.9. The fraction of sp³-hybridized carbons (Fsp3) is 0.556. The van der Waals surface area contributed by atoms with E-state index in [1.807, 2.05) is 0 Å². The molecule has 0 atom stereocenters. The van der Waals surface area contributed by atoms with Gasteiger partial charge in [0.15, 0.2) is 5.13 Å². The Kier molecular flexibility index (Phi) is 4.85. The quantitative estimate of drug-likeness (QED) is 0.911. The number of carbonyl (C=O) groups excluding carboxylic acids is 1. The molecule has 134 valence electrons. The Hall–Kier alpha value is -1.73. The number of hydrogen-bond donors (Lipinski definition) is 1. The minimum Gasteiger partial charge on any atom is -0.381 e. The number of fused-ring (bicyclic) bond motifs is 1. The zero-order valence-electron chi connectivity index (χ0n) is 14.0. The molecule has 3 heterocycles. The van der Waals surface area contributed by atoms with Crippen molar-refractivity contribution in [2.75, 3.05) is 31.2 Å². The largest absolute Gasteiger partial charge is 0.381 e. The van der Waals surface area contributed by atoms with Gasteiger partial charge in [0.1, 0.15) is 5.82 Å². The van der Waals surface area contributed by atoms with Gasteiger partial charge in [-0.15, -0.1) is 0 Å². The Morgan fingerprint density at radius 3 is 2.76 bits per heavy atom. The van der Waals surface area contributed by atoms with Gasteiger partial charge in [0.05, 0.1) is 10.2 Å². The summed E-state index contributed by atoms with van der Waals surface area (Å²) in [6.45, 7) is 3.10. The summed E-state index contributed by atoms with van der Waals surface area (Å²) in [4.78, 5) is 19.3. The molecule has 1 aromatic carbocycles. The number of hydrogen-bond acceptors (Lipinski definition) is 5. The number of anilines is 1. The first-order valence-corrected chi connectivity index (χ1v) is 9.70. The van der Waals surface area contributed by atoms with Gasteiger partial charge in [-0.05, 0) is 43.9 Å². The maximum absolute atomic E-state index is 13.3. The number of nitrogens with one attached hydrogen (secondary N) is 1. The van der Waals surface area contributed by atoms with E-state index in [1.54, 1.807) is 6.07 Å². The average molecular weight is 363 g/mol. The third-order valence-electron chi connectivity index (χ3n) is 5.04. The van der Waals surface area contributed by atoms with Crippen molar-refractivity contribution in [3.05, 3.63) is 24.0 Å². The van der Waals surface area contributed by atoms with Gasteiger partial charge in [-0.1, -0.05) is 11.3 Å². The number of piperidine rings is 1. The minimum absolute atomic E-state index is 0.0749. The molecule has 0 bridgehead atoms. The van der Waals surface area contributed by atoms with Crippen molar-refractivity contribution in [1.82, 2.24) is 10.3 Å². The van der Waals surface area contributed by atoms with E-state index < -0.39 is 0 Å². The molecule has 2 aromatic rings. The lowest BCUT2D eigenvalue weighted by atomic mass is 9.95. The smallest absolute Gasteiger partial charge is 0.223 e. The van der Waals surface area contributed by atoms with Crippen molar-refractivity contribution in [1.29, 1.82) is 0 Å². The van der Waals surface area contributed by atoms with E-state index in [9.17, 15) is 9.18 Å². The Morgan fingerprint density at radius 1 is 1.24 bits per heavy atom. The molecule has 7 heteroatoms. The third kappa shape index (κ3) is 3.77. The first-order valence-electron chi connectivity index (χ1n) is 8.88. The number of aromatic nitrogens is 1. The highest BCUT2D eigenvalue weighted by atomic mass is 32.1. The van der Waals surface area contributed by atoms with Crippen LogP contribution in [-0.2, 0) is 9.53 Å². The van der Waals surface area contributed by atoms with E-state index in [0.29, 0.717) is 0 Å². The van der Waals surface area contributed by atoms with Crippen LogP contribution in [0.2, 0.25) is 0 Å². The van der Waals surface area contributed by atoms with E-state index >= 15 is 0 Å². The van der Waals surface area contributed by atoms with Crippen LogP contribution in [0.3, 0.4) is 0 Å². The second-order valence-corrected chi connectivity index (χ2v) is 7.77. The topological polar surface area (TPSA) is 54.5 Å². The molecule has 5 nitrogen and oxygen atoms in total. The summed E-state index contributed by atoms with van der Waals surface area (Å²) in [6, 6.07) is 4.96. The fourth-order valence-electron chi connectivity index (χ4n) is 3.52. The predicted molar refractivity (Wildman–Crippen MR) is 96.5 cm³/mol. The molecule has 0 saturated carbocycles. The fourth-order valence-corrected chi connectivity index (χ4v) is 4.56. The zero-order chi connectivity index (χ0) is 17.2. The van der Waals surface area contributed by atoms with Gasteiger partial charge in [-0.3, -0.25) is 4.79 Å². The van der Waals surface area contributed by atoms with Gasteiger partial charge in [0.25, 0.3) is 0 Å². The summed E-state index contributed by atoms with van der Waals surface area (Å²) in [5.74, 6) is 0.0232. The van der Waals surface area contributed by atoms with Crippen LogP contribution in [0.5, 0.6) is 0 Å². The van der Waals surface area contributed by atoms with Crippen LogP contribution in [0.15, 0.2) is 18.2 Å². The van der Waals surface area contributed by atoms with Crippen molar-refractivity contribution in [3.8, 4) is 0 Å². The molecule has 1 N–H and O–H groups in total. The second-order valence-electron chi connectivity index (χ2n) is 6.77. The summed E-state index contributed by atoms with van der Waals surface area (Å²) in [5, 5.41) is 4.10. The van der Waals surface area contributed by atoms with E-state index in [1.165, 1.54) is 23.5 Å². The van der Waals surface area contributed by atoms with Crippen LogP contribution >= 0.6 is 11.3 Å². The van der Waals surface area contributed by atoms with Crippen LogP contribution in [0, 0.1) is 11.7 Å². The Balaban J connectivity index is 1.34. The van der Waals surface area contributed by atoms with Gasteiger partial charge in [-0.2, -0.15) is 0 Å². The SMILES string of the molecule is O=C(NC1CCOCC1)C1CCN(c2nc3ccc(F)cc3s2)CC1. The number of amides is 1. The number of nitrogens with zero attached hydrogens (tertiary/aromatic N) is 2. The second kappa shape index (κ2) is 7.25. The van der Waals surface area contributed by atoms with E-state index in [2.05, 4.69) is 15.2 Å². The Labute approximate surface area is 150 Å². The lowest BCUT2D eigenvalue weighted by Crippen LogP contribution is -2.45. The molecule has 1 aromatic heterocycles. The summed E-state index contributed by atoms with van der Waals surface area (Å²) < 4.78 is 19.5. The maximum atomic E-state index is 13.3. The Bertz CT molecular complexity index is 752. The number of benzene rings is 1. The van der Waals surface area contributed by atoms with Gasteiger partial charge < -0.3 is 15.0 Å². The van der Waals surface area contributed by atoms with E-state index in [4.69, 9.17) is 4.74 Å². The lowest BCUT2D eigenvalue weighted by Gasteiger charge is -2.32. The first kappa shape index (κ1) is 16.7. The van der Waals surface area contributed by atoms with Crippen molar-refractivity contribution in [2.24, 2.45) is 5.92 Å². The normalized spacial score (nSPS) is 20.1. The molecule has 0 spiro atoms.